The minimum Gasteiger partial charge on any atom is -0.475 e. The lowest BCUT2D eigenvalue weighted by Crippen LogP contribution is -2.24. The highest BCUT2D eigenvalue weighted by molar-refractivity contribution is 5.85. The van der Waals surface area contributed by atoms with Crippen molar-refractivity contribution in [3.05, 3.63) is 102 Å². The molecule has 1 aromatic heterocycles. The number of carboxylic acid groups (broad SMARTS) is 2. The summed E-state index contributed by atoms with van der Waals surface area (Å²) < 4.78 is 63.5. The summed E-state index contributed by atoms with van der Waals surface area (Å²) in [6.07, 6.45) is -4.52. The van der Waals surface area contributed by atoms with Crippen molar-refractivity contribution in [1.82, 2.24) is 10.3 Å². The SMILES string of the molecule is O=C(O)C(F)(F)F.O=C(O)C(F)(F)F.c1ccc(CCC2=N[C@@H](c3cccnc3)[C@@H](c3ccccc3)N2)cc1. The molecule has 0 bridgehead atoms. The predicted molar refractivity (Wildman–Crippen MR) is 129 cm³/mol. The van der Waals surface area contributed by atoms with Crippen molar-refractivity contribution in [1.29, 1.82) is 0 Å². The fourth-order valence-corrected chi connectivity index (χ4v) is 3.33. The Hall–Kier alpha value is -4.42. The lowest BCUT2D eigenvalue weighted by atomic mass is 9.96. The third-order valence-electron chi connectivity index (χ3n) is 5.10. The first kappa shape index (κ1) is 30.8. The summed E-state index contributed by atoms with van der Waals surface area (Å²) >= 11 is 0. The van der Waals surface area contributed by atoms with E-state index in [1.54, 1.807) is 0 Å². The van der Waals surface area contributed by atoms with Crippen LogP contribution in [0.25, 0.3) is 0 Å². The van der Waals surface area contributed by atoms with Crippen LogP contribution < -0.4 is 5.32 Å². The van der Waals surface area contributed by atoms with Crippen LogP contribution in [0.4, 0.5) is 26.3 Å². The molecule has 0 amide bonds. The summed E-state index contributed by atoms with van der Waals surface area (Å²) in [5.41, 5.74) is 3.75. The number of amidine groups is 1. The number of hydrogen-bond acceptors (Lipinski definition) is 5. The Morgan fingerprint density at radius 2 is 1.23 bits per heavy atom. The van der Waals surface area contributed by atoms with Gasteiger partial charge in [0.15, 0.2) is 0 Å². The van der Waals surface area contributed by atoms with Gasteiger partial charge in [0.1, 0.15) is 6.04 Å². The Morgan fingerprint density at radius 3 is 1.69 bits per heavy atom. The van der Waals surface area contributed by atoms with Gasteiger partial charge >= 0.3 is 24.3 Å². The van der Waals surface area contributed by atoms with E-state index in [2.05, 4.69) is 77.0 Å². The van der Waals surface area contributed by atoms with E-state index >= 15 is 0 Å². The van der Waals surface area contributed by atoms with Gasteiger partial charge in [-0.1, -0.05) is 66.7 Å². The average Bonchev–Trinajstić information content (AvgIpc) is 3.33. The van der Waals surface area contributed by atoms with Crippen LogP contribution in [0.1, 0.15) is 35.2 Å². The number of aromatic nitrogens is 1. The van der Waals surface area contributed by atoms with Gasteiger partial charge in [-0.3, -0.25) is 9.98 Å². The normalized spacial score (nSPS) is 16.4. The van der Waals surface area contributed by atoms with Gasteiger partial charge in [-0.2, -0.15) is 26.3 Å². The molecule has 0 spiro atoms. The Balaban J connectivity index is 0.000000317. The molecule has 2 aromatic carbocycles. The van der Waals surface area contributed by atoms with E-state index in [0.717, 1.165) is 24.2 Å². The number of benzene rings is 2. The quantitative estimate of drug-likeness (QED) is 0.345. The lowest BCUT2D eigenvalue weighted by molar-refractivity contribution is -0.193. The maximum atomic E-state index is 10.6. The summed E-state index contributed by atoms with van der Waals surface area (Å²) in [6, 6.07) is 25.4. The average molecular weight is 555 g/mol. The Bertz CT molecular complexity index is 1200. The van der Waals surface area contributed by atoms with Crippen molar-refractivity contribution in [2.75, 3.05) is 0 Å². The molecule has 7 nitrogen and oxygen atoms in total. The van der Waals surface area contributed by atoms with E-state index in [1.807, 2.05) is 18.5 Å². The number of nitrogens with zero attached hydrogens (tertiary/aromatic N) is 2. The molecule has 13 heteroatoms. The molecule has 0 saturated heterocycles. The molecular formula is C26H23F6N3O4. The highest BCUT2D eigenvalue weighted by Gasteiger charge is 2.39. The maximum Gasteiger partial charge on any atom is 0.490 e. The fourth-order valence-electron chi connectivity index (χ4n) is 3.33. The van der Waals surface area contributed by atoms with E-state index in [0.29, 0.717) is 0 Å². The minimum atomic E-state index is -5.08. The molecule has 2 atom stereocenters. The third kappa shape index (κ3) is 10.5. The number of nitrogens with one attached hydrogen (secondary N) is 1. The monoisotopic (exact) mass is 555 g/mol. The van der Waals surface area contributed by atoms with Crippen LogP contribution in [0, 0.1) is 0 Å². The van der Waals surface area contributed by atoms with Crippen molar-refractivity contribution >= 4 is 17.8 Å². The van der Waals surface area contributed by atoms with Crippen LogP contribution >= 0.6 is 0 Å². The second kappa shape index (κ2) is 13.9. The number of hydrogen-bond donors (Lipinski definition) is 3. The van der Waals surface area contributed by atoms with Crippen molar-refractivity contribution in [3.8, 4) is 0 Å². The third-order valence-corrected chi connectivity index (χ3v) is 5.10. The molecule has 0 saturated carbocycles. The number of halogens is 6. The second-order valence-corrected chi connectivity index (χ2v) is 7.93. The molecule has 2 heterocycles. The standard InChI is InChI=1S/C22H21N3.2C2HF3O2/c1-3-8-17(9-4-1)13-14-20-24-21(18-10-5-2-6-11-18)22(25-20)19-12-7-15-23-16-19;2*3-2(4,5)1(6)7/h1-12,15-16,21-22H,13-14H2,(H,24,25);2*(H,6,7)/t21-,22+;;/m1../s1. The van der Waals surface area contributed by atoms with Gasteiger partial charge < -0.3 is 15.5 Å². The number of aryl methyl sites for hydroxylation is 1. The molecule has 39 heavy (non-hydrogen) atoms. The van der Waals surface area contributed by atoms with Crippen LogP contribution in [0.5, 0.6) is 0 Å². The lowest BCUT2D eigenvalue weighted by Gasteiger charge is -2.19. The number of carboxylic acids is 2. The first-order valence-corrected chi connectivity index (χ1v) is 11.2. The van der Waals surface area contributed by atoms with Crippen molar-refractivity contribution in [3.63, 3.8) is 0 Å². The van der Waals surface area contributed by atoms with Crippen molar-refractivity contribution < 1.29 is 46.1 Å². The van der Waals surface area contributed by atoms with E-state index < -0.39 is 24.3 Å². The van der Waals surface area contributed by atoms with Crippen LogP contribution in [0.3, 0.4) is 0 Å². The Morgan fingerprint density at radius 1 is 0.744 bits per heavy atom. The summed E-state index contributed by atoms with van der Waals surface area (Å²) in [6.45, 7) is 0. The van der Waals surface area contributed by atoms with Gasteiger partial charge in [0.25, 0.3) is 0 Å². The van der Waals surface area contributed by atoms with Crippen LogP contribution in [0.2, 0.25) is 0 Å². The zero-order valence-electron chi connectivity index (χ0n) is 20.0. The molecule has 0 aliphatic carbocycles. The minimum absolute atomic E-state index is 0.0712. The number of aliphatic imine (C=N–C) groups is 1. The van der Waals surface area contributed by atoms with Gasteiger partial charge in [-0.25, -0.2) is 9.59 Å². The first-order valence-electron chi connectivity index (χ1n) is 11.2. The van der Waals surface area contributed by atoms with Gasteiger partial charge in [0, 0.05) is 18.8 Å². The predicted octanol–water partition coefficient (Wildman–Crippen LogP) is 5.77. The first-order chi connectivity index (χ1) is 18.3. The van der Waals surface area contributed by atoms with E-state index in [-0.39, 0.29) is 12.1 Å². The summed E-state index contributed by atoms with van der Waals surface area (Å²) in [5.74, 6) is -4.44. The Labute approximate surface area is 218 Å². The number of rotatable bonds is 5. The highest BCUT2D eigenvalue weighted by atomic mass is 19.4. The maximum absolute atomic E-state index is 10.6. The molecule has 0 fully saturated rings. The molecular weight excluding hydrogens is 532 g/mol. The van der Waals surface area contributed by atoms with Crippen LogP contribution in [0.15, 0.2) is 90.2 Å². The van der Waals surface area contributed by atoms with E-state index in [9.17, 15) is 26.3 Å². The number of pyridine rings is 1. The topological polar surface area (TPSA) is 112 Å². The fraction of sp³-hybridized carbons (Fsp3) is 0.231. The van der Waals surface area contributed by atoms with Gasteiger partial charge in [0.05, 0.1) is 11.9 Å². The molecule has 1 aliphatic rings. The van der Waals surface area contributed by atoms with Gasteiger partial charge in [0.2, 0.25) is 0 Å². The zero-order chi connectivity index (χ0) is 29.1. The molecule has 1 aliphatic heterocycles. The van der Waals surface area contributed by atoms with Crippen molar-refractivity contribution in [2.45, 2.75) is 37.3 Å². The number of carbonyl (C=O) groups is 2. The molecule has 0 radical (unpaired) electrons. The molecule has 0 unspecified atom stereocenters. The highest BCUT2D eigenvalue weighted by Crippen LogP contribution is 2.36. The molecule has 4 rings (SSSR count). The summed E-state index contributed by atoms with van der Waals surface area (Å²) in [7, 11) is 0. The van der Waals surface area contributed by atoms with E-state index in [4.69, 9.17) is 24.8 Å². The molecule has 208 valence electrons. The largest absolute Gasteiger partial charge is 0.490 e. The van der Waals surface area contributed by atoms with Gasteiger partial charge in [-0.15, -0.1) is 0 Å². The molecule has 3 N–H and O–H groups in total. The van der Waals surface area contributed by atoms with Crippen LogP contribution in [-0.4, -0.2) is 45.3 Å². The number of alkyl halides is 6. The van der Waals surface area contributed by atoms with Crippen molar-refractivity contribution in [2.24, 2.45) is 4.99 Å². The summed E-state index contributed by atoms with van der Waals surface area (Å²) in [5, 5.41) is 17.9. The summed E-state index contributed by atoms with van der Waals surface area (Å²) in [4.78, 5) is 27.1. The molecule has 3 aromatic rings. The van der Waals surface area contributed by atoms with Gasteiger partial charge in [-0.05, 0) is 29.2 Å². The van der Waals surface area contributed by atoms with E-state index in [1.165, 1.54) is 11.1 Å². The zero-order valence-corrected chi connectivity index (χ0v) is 20.0. The van der Waals surface area contributed by atoms with Crippen LogP contribution in [-0.2, 0) is 16.0 Å². The second-order valence-electron chi connectivity index (χ2n) is 7.93. The smallest absolute Gasteiger partial charge is 0.475 e. The Kier molecular flexibility index (Phi) is 11.0. The number of aliphatic carboxylic acids is 2.